The van der Waals surface area contributed by atoms with Gasteiger partial charge in [-0.05, 0) is 24.5 Å². The van der Waals surface area contributed by atoms with Gasteiger partial charge in [0.25, 0.3) is 5.56 Å². The van der Waals surface area contributed by atoms with Crippen LogP contribution >= 0.6 is 0 Å². The number of benzene rings is 1. The van der Waals surface area contributed by atoms with E-state index < -0.39 is 23.0 Å². The summed E-state index contributed by atoms with van der Waals surface area (Å²) >= 11 is 0. The predicted octanol–water partition coefficient (Wildman–Crippen LogP) is 2.15. The first-order chi connectivity index (χ1) is 18.3. The van der Waals surface area contributed by atoms with Gasteiger partial charge in [0, 0.05) is 61.4 Å². The fourth-order valence-corrected chi connectivity index (χ4v) is 5.87. The molecule has 2 aromatic heterocycles. The molecule has 1 aromatic carbocycles. The Morgan fingerprint density at radius 3 is 2.68 bits per heavy atom. The molecule has 1 fully saturated rings. The van der Waals surface area contributed by atoms with E-state index in [-0.39, 0.29) is 23.7 Å². The molecule has 0 aliphatic carbocycles. The highest BCUT2D eigenvalue weighted by Crippen LogP contribution is 2.40. The number of methoxy groups -OCH3 is 2. The number of amides is 1. The molecule has 10 heteroatoms. The Labute approximate surface area is 219 Å². The molecule has 200 valence electrons. The number of ether oxygens (including phenoxy) is 2. The molecule has 1 amide bonds. The van der Waals surface area contributed by atoms with Gasteiger partial charge in [0.1, 0.15) is 17.3 Å². The van der Waals surface area contributed by atoms with E-state index in [1.165, 1.54) is 20.3 Å². The van der Waals surface area contributed by atoms with E-state index in [1.807, 2.05) is 10.6 Å². The number of primary amides is 1. The Morgan fingerprint density at radius 2 is 1.95 bits per heavy atom. The van der Waals surface area contributed by atoms with Gasteiger partial charge in [-0.15, -0.1) is 0 Å². The van der Waals surface area contributed by atoms with Crippen LogP contribution in [0.25, 0.3) is 0 Å². The van der Waals surface area contributed by atoms with E-state index in [1.54, 1.807) is 30.3 Å². The average molecular weight is 522 g/mol. The third kappa shape index (κ3) is 4.91. The van der Waals surface area contributed by atoms with Gasteiger partial charge in [0.2, 0.25) is 17.1 Å². The van der Waals surface area contributed by atoms with Gasteiger partial charge in [0.05, 0.1) is 26.7 Å². The summed E-state index contributed by atoms with van der Waals surface area (Å²) < 4.78 is 18.8. The van der Waals surface area contributed by atoms with Crippen LogP contribution in [0.3, 0.4) is 0 Å². The second-order valence-electron chi connectivity index (χ2n) is 10.0. The molecule has 1 saturated heterocycles. The molecule has 0 saturated carbocycles. The van der Waals surface area contributed by atoms with Gasteiger partial charge < -0.3 is 29.3 Å². The fourth-order valence-electron chi connectivity index (χ4n) is 5.87. The molecular weight excluding hydrogens is 490 g/mol. The summed E-state index contributed by atoms with van der Waals surface area (Å²) in [5, 5.41) is 10.7. The van der Waals surface area contributed by atoms with Crippen molar-refractivity contribution in [3.05, 3.63) is 85.8 Å². The van der Waals surface area contributed by atoms with Crippen molar-refractivity contribution in [1.29, 1.82) is 0 Å². The number of rotatable bonds is 8. The summed E-state index contributed by atoms with van der Waals surface area (Å²) in [6.45, 7) is 2.45. The Hall–Kier alpha value is -4.05. The number of hydrogen-bond acceptors (Lipinski definition) is 8. The number of likely N-dealkylation sites (tertiary alicyclic amines) is 1. The molecule has 3 aromatic rings. The highest BCUT2D eigenvalue weighted by Gasteiger charge is 2.35. The number of nitrogens with zero attached hydrogens (tertiary/aromatic N) is 2. The molecular formula is C28H31N3O7. The average Bonchev–Trinajstić information content (AvgIpc) is 2.89. The molecule has 0 radical (unpaired) electrons. The minimum absolute atomic E-state index is 0.0225. The summed E-state index contributed by atoms with van der Waals surface area (Å²) in [5.74, 6) is -0.260. The third-order valence-electron chi connectivity index (χ3n) is 7.47. The number of carbonyl (C=O) groups is 1. The van der Waals surface area contributed by atoms with Crippen molar-refractivity contribution in [2.45, 2.75) is 37.8 Å². The van der Waals surface area contributed by atoms with Crippen LogP contribution in [0.15, 0.2) is 56.5 Å². The first-order valence-corrected chi connectivity index (χ1v) is 12.6. The number of aromatic nitrogens is 1. The van der Waals surface area contributed by atoms with E-state index in [2.05, 4.69) is 4.90 Å². The van der Waals surface area contributed by atoms with Gasteiger partial charge in [-0.25, -0.2) is 0 Å². The summed E-state index contributed by atoms with van der Waals surface area (Å²) in [6.07, 6.45) is 0.796. The van der Waals surface area contributed by atoms with Crippen LogP contribution in [0.4, 0.5) is 0 Å². The maximum Gasteiger partial charge on any atom is 0.250 e. The molecule has 5 rings (SSSR count). The molecule has 3 N–H and O–H groups in total. The van der Waals surface area contributed by atoms with E-state index in [0.717, 1.165) is 18.7 Å². The number of pyridine rings is 1. The first kappa shape index (κ1) is 25.6. The van der Waals surface area contributed by atoms with Crippen molar-refractivity contribution in [1.82, 2.24) is 9.47 Å². The van der Waals surface area contributed by atoms with E-state index in [0.29, 0.717) is 48.4 Å². The number of fused-ring (bicyclic) bond motifs is 4. The minimum Gasteiger partial charge on any atom is -0.502 e. The SMILES string of the molecule is COc1ccc([C@@H](CC(N)=O)c2oc(CN3C[C@H]4C[C@@H](C3)c3cccc(=O)n3C4)cc(=O)c2O)c(OC)c1. The molecule has 0 spiro atoms. The van der Waals surface area contributed by atoms with Crippen LogP contribution in [-0.2, 0) is 17.9 Å². The topological polar surface area (TPSA) is 137 Å². The largest absolute Gasteiger partial charge is 0.502 e. The molecule has 3 atom stereocenters. The van der Waals surface area contributed by atoms with Crippen molar-refractivity contribution in [2.24, 2.45) is 11.7 Å². The minimum atomic E-state index is -0.847. The highest BCUT2D eigenvalue weighted by atomic mass is 16.5. The molecule has 2 aliphatic heterocycles. The van der Waals surface area contributed by atoms with Crippen LogP contribution in [-0.4, -0.2) is 47.8 Å². The Kier molecular flexibility index (Phi) is 6.98. The first-order valence-electron chi connectivity index (χ1n) is 12.6. The van der Waals surface area contributed by atoms with E-state index in [9.17, 15) is 19.5 Å². The van der Waals surface area contributed by atoms with Crippen molar-refractivity contribution in [2.75, 3.05) is 27.3 Å². The Bertz CT molecular complexity index is 1480. The summed E-state index contributed by atoms with van der Waals surface area (Å²) in [6, 6.07) is 11.7. The lowest BCUT2D eigenvalue weighted by atomic mass is 9.83. The smallest absolute Gasteiger partial charge is 0.250 e. The Morgan fingerprint density at radius 1 is 1.13 bits per heavy atom. The number of piperidine rings is 1. The molecule has 2 bridgehead atoms. The number of aromatic hydroxyl groups is 1. The van der Waals surface area contributed by atoms with E-state index >= 15 is 0 Å². The quantitative estimate of drug-likeness (QED) is 0.460. The fraction of sp³-hybridized carbons (Fsp3) is 0.393. The zero-order valence-electron chi connectivity index (χ0n) is 21.4. The second-order valence-corrected chi connectivity index (χ2v) is 10.0. The van der Waals surface area contributed by atoms with Crippen molar-refractivity contribution in [3.8, 4) is 17.2 Å². The number of hydrogen-bond donors (Lipinski definition) is 2. The monoisotopic (exact) mass is 521 g/mol. The second kappa shape index (κ2) is 10.4. The van der Waals surface area contributed by atoms with Gasteiger partial charge >= 0.3 is 0 Å². The molecule has 0 unspecified atom stereocenters. The highest BCUT2D eigenvalue weighted by molar-refractivity contribution is 5.76. The predicted molar refractivity (Wildman–Crippen MR) is 139 cm³/mol. The van der Waals surface area contributed by atoms with E-state index in [4.69, 9.17) is 19.6 Å². The van der Waals surface area contributed by atoms with Crippen molar-refractivity contribution >= 4 is 5.91 Å². The van der Waals surface area contributed by atoms with Gasteiger partial charge in [0.15, 0.2) is 5.76 Å². The lowest BCUT2D eigenvalue weighted by Gasteiger charge is -2.42. The standard InChI is InChI=1S/C28H31N3O7/c1-36-18-6-7-20(24(10-18)37-2)21(11-25(29)33)28-27(35)23(32)9-19(38-28)15-30-12-16-8-17(14-30)22-4-3-5-26(34)31(22)13-16/h3-7,9-10,16-17,21,35H,8,11-15H2,1-2H3,(H2,29,33)/t16-,17+,21-/m1/s1. The van der Waals surface area contributed by atoms with Crippen LogP contribution in [0.5, 0.6) is 17.2 Å². The molecule has 4 heterocycles. The van der Waals surface area contributed by atoms with Crippen molar-refractivity contribution < 1.29 is 23.8 Å². The maximum absolute atomic E-state index is 12.8. The lowest BCUT2D eigenvalue weighted by molar-refractivity contribution is -0.118. The third-order valence-corrected chi connectivity index (χ3v) is 7.47. The summed E-state index contributed by atoms with van der Waals surface area (Å²) in [4.78, 5) is 39.4. The van der Waals surface area contributed by atoms with Crippen LogP contribution in [0.1, 0.15) is 47.5 Å². The van der Waals surface area contributed by atoms with Gasteiger partial charge in [-0.2, -0.15) is 0 Å². The maximum atomic E-state index is 12.8. The zero-order chi connectivity index (χ0) is 27.0. The van der Waals surface area contributed by atoms with Gasteiger partial charge in [-0.1, -0.05) is 12.1 Å². The summed E-state index contributed by atoms with van der Waals surface area (Å²) in [5.41, 5.74) is 6.53. The normalized spacial score (nSPS) is 19.4. The Balaban J connectivity index is 1.47. The lowest BCUT2D eigenvalue weighted by Crippen LogP contribution is -2.46. The van der Waals surface area contributed by atoms with Crippen molar-refractivity contribution in [3.63, 3.8) is 0 Å². The molecule has 2 aliphatic rings. The van der Waals surface area contributed by atoms with Crippen LogP contribution in [0, 0.1) is 5.92 Å². The number of carbonyl (C=O) groups excluding carboxylic acids is 1. The van der Waals surface area contributed by atoms with Gasteiger partial charge in [-0.3, -0.25) is 19.3 Å². The zero-order valence-corrected chi connectivity index (χ0v) is 21.4. The molecule has 38 heavy (non-hydrogen) atoms. The summed E-state index contributed by atoms with van der Waals surface area (Å²) in [7, 11) is 3.00. The molecule has 10 nitrogen and oxygen atoms in total. The number of nitrogens with two attached hydrogens (primary N) is 1. The van der Waals surface area contributed by atoms with Crippen LogP contribution in [0.2, 0.25) is 0 Å². The van der Waals surface area contributed by atoms with Crippen LogP contribution < -0.4 is 26.2 Å².